The fourth-order valence-electron chi connectivity index (χ4n) is 1.14. The van der Waals surface area contributed by atoms with Crippen molar-refractivity contribution < 1.29 is 9.53 Å². The number of anilines is 1. The minimum Gasteiger partial charge on any atom is -0.450 e. The highest BCUT2D eigenvalue weighted by Crippen LogP contribution is 2.14. The number of carbonyl (C=O) groups excluding carboxylic acids is 1. The molecule has 0 aliphatic heterocycles. The molecule has 0 bridgehead atoms. The standard InChI is InChI=1S/C12H18ClNO2Si/c1-17(2,3)9-8-16-12(15)14-11-6-4-10(13)5-7-11/h4-7H,8-9H2,1-3H3,(H,14,15). The van der Waals surface area contributed by atoms with Crippen LogP contribution in [-0.4, -0.2) is 20.8 Å². The number of rotatable bonds is 4. The molecule has 0 saturated heterocycles. The van der Waals surface area contributed by atoms with Crippen LogP contribution in [-0.2, 0) is 4.74 Å². The van der Waals surface area contributed by atoms with Crippen LogP contribution in [0.1, 0.15) is 0 Å². The SMILES string of the molecule is C[Si](C)(C)CCOC(=O)Nc1ccc(Cl)cc1. The average Bonchev–Trinajstić information content (AvgIpc) is 2.19. The molecule has 0 atom stereocenters. The van der Waals surface area contributed by atoms with E-state index in [1.165, 1.54) is 0 Å². The predicted octanol–water partition coefficient (Wildman–Crippen LogP) is 4.23. The molecular weight excluding hydrogens is 254 g/mol. The van der Waals surface area contributed by atoms with Gasteiger partial charge >= 0.3 is 6.09 Å². The summed E-state index contributed by atoms with van der Waals surface area (Å²) in [5.41, 5.74) is 0.687. The van der Waals surface area contributed by atoms with Gasteiger partial charge in [0.15, 0.2) is 0 Å². The summed E-state index contributed by atoms with van der Waals surface area (Å²) in [6.07, 6.45) is -0.412. The number of halogens is 1. The Kier molecular flexibility index (Phi) is 5.02. The smallest absolute Gasteiger partial charge is 0.411 e. The lowest BCUT2D eigenvalue weighted by atomic mass is 10.3. The van der Waals surface area contributed by atoms with E-state index >= 15 is 0 Å². The van der Waals surface area contributed by atoms with E-state index < -0.39 is 14.2 Å². The van der Waals surface area contributed by atoms with Crippen molar-refractivity contribution >= 4 is 31.5 Å². The second kappa shape index (κ2) is 6.07. The second-order valence-corrected chi connectivity index (χ2v) is 11.1. The van der Waals surface area contributed by atoms with Crippen molar-refractivity contribution in [2.75, 3.05) is 11.9 Å². The Labute approximate surface area is 108 Å². The highest BCUT2D eigenvalue weighted by Gasteiger charge is 2.13. The summed E-state index contributed by atoms with van der Waals surface area (Å²) in [5.74, 6) is 0. The first kappa shape index (κ1) is 14.1. The maximum atomic E-state index is 11.4. The molecule has 0 heterocycles. The van der Waals surface area contributed by atoms with Crippen LogP contribution in [0.2, 0.25) is 30.7 Å². The van der Waals surface area contributed by atoms with E-state index in [2.05, 4.69) is 25.0 Å². The molecule has 1 amide bonds. The fraction of sp³-hybridized carbons (Fsp3) is 0.417. The predicted molar refractivity (Wildman–Crippen MR) is 74.6 cm³/mol. The number of hydrogen-bond donors (Lipinski definition) is 1. The molecule has 94 valence electrons. The van der Waals surface area contributed by atoms with Crippen LogP contribution in [0.3, 0.4) is 0 Å². The molecular formula is C12H18ClNO2Si. The van der Waals surface area contributed by atoms with Gasteiger partial charge in [0.25, 0.3) is 0 Å². The second-order valence-electron chi connectivity index (χ2n) is 5.08. The molecule has 0 aliphatic rings. The summed E-state index contributed by atoms with van der Waals surface area (Å²) in [5, 5.41) is 3.29. The van der Waals surface area contributed by atoms with Gasteiger partial charge in [-0.15, -0.1) is 0 Å². The summed E-state index contributed by atoms with van der Waals surface area (Å²) < 4.78 is 5.10. The number of ether oxygens (including phenoxy) is 1. The average molecular weight is 272 g/mol. The Morgan fingerprint density at radius 3 is 2.41 bits per heavy atom. The van der Waals surface area contributed by atoms with E-state index in [0.29, 0.717) is 17.3 Å². The van der Waals surface area contributed by atoms with Crippen LogP contribution in [0.5, 0.6) is 0 Å². The summed E-state index contributed by atoms with van der Waals surface area (Å²) in [6, 6.07) is 7.89. The van der Waals surface area contributed by atoms with Crippen LogP contribution in [0.25, 0.3) is 0 Å². The van der Waals surface area contributed by atoms with Crippen molar-refractivity contribution in [2.45, 2.75) is 25.7 Å². The van der Waals surface area contributed by atoms with Gasteiger partial charge in [0.05, 0.1) is 6.61 Å². The lowest BCUT2D eigenvalue weighted by molar-refractivity contribution is 0.167. The van der Waals surface area contributed by atoms with Crippen molar-refractivity contribution in [3.8, 4) is 0 Å². The third-order valence-electron chi connectivity index (χ3n) is 2.18. The first-order valence-corrected chi connectivity index (χ1v) is 9.65. The van der Waals surface area contributed by atoms with Gasteiger partial charge in [0, 0.05) is 18.8 Å². The molecule has 1 rings (SSSR count). The van der Waals surface area contributed by atoms with E-state index in [0.717, 1.165) is 6.04 Å². The van der Waals surface area contributed by atoms with Gasteiger partial charge in [-0.3, -0.25) is 5.32 Å². The molecule has 0 saturated carbocycles. The van der Waals surface area contributed by atoms with Gasteiger partial charge < -0.3 is 4.74 Å². The molecule has 0 aromatic heterocycles. The first-order valence-electron chi connectivity index (χ1n) is 5.56. The Bertz CT molecular complexity index is 373. The Morgan fingerprint density at radius 1 is 1.29 bits per heavy atom. The van der Waals surface area contributed by atoms with Crippen molar-refractivity contribution in [2.24, 2.45) is 0 Å². The number of hydrogen-bond acceptors (Lipinski definition) is 2. The maximum absolute atomic E-state index is 11.4. The van der Waals surface area contributed by atoms with Gasteiger partial charge in [-0.05, 0) is 30.3 Å². The highest BCUT2D eigenvalue weighted by atomic mass is 35.5. The quantitative estimate of drug-likeness (QED) is 0.833. The monoisotopic (exact) mass is 271 g/mol. The first-order chi connectivity index (χ1) is 7.87. The molecule has 5 heteroatoms. The van der Waals surface area contributed by atoms with E-state index in [1.54, 1.807) is 24.3 Å². The summed E-state index contributed by atoms with van der Waals surface area (Å²) in [6.45, 7) is 7.21. The highest BCUT2D eigenvalue weighted by molar-refractivity contribution is 6.76. The van der Waals surface area contributed by atoms with Gasteiger partial charge in [-0.25, -0.2) is 4.79 Å². The molecule has 1 N–H and O–H groups in total. The zero-order valence-corrected chi connectivity index (χ0v) is 12.2. The minimum atomic E-state index is -1.15. The molecule has 0 fully saturated rings. The molecule has 0 spiro atoms. The summed E-state index contributed by atoms with van der Waals surface area (Å²) in [4.78, 5) is 11.4. The van der Waals surface area contributed by atoms with Gasteiger partial charge in [0.2, 0.25) is 0 Å². The summed E-state index contributed by atoms with van der Waals surface area (Å²) in [7, 11) is -1.15. The third-order valence-corrected chi connectivity index (χ3v) is 4.13. The van der Waals surface area contributed by atoms with Crippen molar-refractivity contribution in [1.82, 2.24) is 0 Å². The van der Waals surface area contributed by atoms with E-state index in [-0.39, 0.29) is 0 Å². The number of benzene rings is 1. The van der Waals surface area contributed by atoms with Gasteiger partial charge in [-0.2, -0.15) is 0 Å². The zero-order valence-electron chi connectivity index (χ0n) is 10.4. The van der Waals surface area contributed by atoms with E-state index in [4.69, 9.17) is 16.3 Å². The Balaban J connectivity index is 2.32. The molecule has 0 radical (unpaired) electrons. The van der Waals surface area contributed by atoms with Crippen LogP contribution >= 0.6 is 11.6 Å². The largest absolute Gasteiger partial charge is 0.450 e. The molecule has 1 aromatic rings. The molecule has 17 heavy (non-hydrogen) atoms. The van der Waals surface area contributed by atoms with E-state index in [9.17, 15) is 4.79 Å². The van der Waals surface area contributed by atoms with Crippen molar-refractivity contribution in [1.29, 1.82) is 0 Å². The lowest BCUT2D eigenvalue weighted by Gasteiger charge is -2.15. The molecule has 1 aromatic carbocycles. The minimum absolute atomic E-state index is 0.412. The number of carbonyl (C=O) groups is 1. The third kappa shape index (κ3) is 6.34. The van der Waals surface area contributed by atoms with E-state index in [1.807, 2.05) is 0 Å². The summed E-state index contributed by atoms with van der Waals surface area (Å²) >= 11 is 5.74. The van der Waals surface area contributed by atoms with Crippen LogP contribution in [0, 0.1) is 0 Å². The lowest BCUT2D eigenvalue weighted by Crippen LogP contribution is -2.24. The molecule has 3 nitrogen and oxygen atoms in total. The number of nitrogens with one attached hydrogen (secondary N) is 1. The Hall–Kier alpha value is -1.00. The van der Waals surface area contributed by atoms with Crippen molar-refractivity contribution in [3.05, 3.63) is 29.3 Å². The Morgan fingerprint density at radius 2 is 1.88 bits per heavy atom. The molecule has 0 unspecified atom stereocenters. The molecule has 0 aliphatic carbocycles. The van der Waals surface area contributed by atoms with Crippen LogP contribution < -0.4 is 5.32 Å². The maximum Gasteiger partial charge on any atom is 0.411 e. The van der Waals surface area contributed by atoms with Crippen LogP contribution in [0.15, 0.2) is 24.3 Å². The number of amides is 1. The van der Waals surface area contributed by atoms with Crippen LogP contribution in [0.4, 0.5) is 10.5 Å². The van der Waals surface area contributed by atoms with Gasteiger partial charge in [-0.1, -0.05) is 31.2 Å². The fourth-order valence-corrected chi connectivity index (χ4v) is 1.98. The van der Waals surface area contributed by atoms with Crippen molar-refractivity contribution in [3.63, 3.8) is 0 Å². The topological polar surface area (TPSA) is 38.3 Å². The normalized spacial score (nSPS) is 11.1. The van der Waals surface area contributed by atoms with Gasteiger partial charge in [0.1, 0.15) is 0 Å². The zero-order chi connectivity index (χ0) is 12.9.